The molecule has 1 aromatic carbocycles. The topological polar surface area (TPSA) is 63.6 Å². The van der Waals surface area contributed by atoms with Crippen LogP contribution in [0.3, 0.4) is 0 Å². The number of fused-ring (bicyclic) bond motifs is 1. The minimum atomic E-state index is -5.18. The second-order valence-electron chi connectivity index (χ2n) is 4.24. The van der Waals surface area contributed by atoms with Gasteiger partial charge in [0.05, 0.1) is 5.57 Å². The number of halogens is 3. The van der Waals surface area contributed by atoms with E-state index >= 15 is 0 Å². The number of carbonyl (C=O) groups excluding carboxylic acids is 1. The summed E-state index contributed by atoms with van der Waals surface area (Å²) in [6.07, 6.45) is -4.37. The second-order valence-corrected chi connectivity index (χ2v) is 4.24. The molecule has 1 aliphatic rings. The molecular weight excluding hydrogens is 277 g/mol. The molecule has 0 fully saturated rings. The zero-order valence-corrected chi connectivity index (χ0v) is 10.2. The van der Waals surface area contributed by atoms with Crippen LogP contribution in [0.1, 0.15) is 12.5 Å². The first kappa shape index (κ1) is 14.1. The number of carboxylic acids is 1. The van der Waals surface area contributed by atoms with Crippen molar-refractivity contribution in [2.45, 2.75) is 18.7 Å². The summed E-state index contributed by atoms with van der Waals surface area (Å²) < 4.78 is 44.7. The largest absolute Gasteiger partial charge is 0.478 e. The highest BCUT2D eigenvalue weighted by molar-refractivity contribution is 6.06. The Bertz CT molecular complexity index is 618. The van der Waals surface area contributed by atoms with E-state index in [1.807, 2.05) is 0 Å². The molecule has 0 spiro atoms. The van der Waals surface area contributed by atoms with Crippen molar-refractivity contribution in [3.63, 3.8) is 0 Å². The van der Waals surface area contributed by atoms with Crippen LogP contribution in [0.5, 0.6) is 5.75 Å². The van der Waals surface area contributed by atoms with Crippen LogP contribution in [0.4, 0.5) is 13.2 Å². The predicted molar refractivity (Wildman–Crippen MR) is 62.1 cm³/mol. The third-order valence-corrected chi connectivity index (χ3v) is 2.99. The summed E-state index contributed by atoms with van der Waals surface area (Å²) in [6.45, 7) is 0.651. The summed E-state index contributed by atoms with van der Waals surface area (Å²) in [5.41, 5.74) is -4.45. The zero-order valence-electron chi connectivity index (χ0n) is 10.2. The number of carbonyl (C=O) groups is 2. The molecule has 0 saturated carbocycles. The van der Waals surface area contributed by atoms with Gasteiger partial charge in [-0.15, -0.1) is 0 Å². The summed E-state index contributed by atoms with van der Waals surface area (Å²) in [6, 6.07) is 5.60. The lowest BCUT2D eigenvalue weighted by atomic mass is 9.85. The lowest BCUT2D eigenvalue weighted by Crippen LogP contribution is -2.59. The van der Waals surface area contributed by atoms with Crippen LogP contribution >= 0.6 is 0 Å². The molecule has 7 heteroatoms. The van der Waals surface area contributed by atoms with Crippen LogP contribution in [0.15, 0.2) is 29.8 Å². The molecule has 0 amide bonds. The maximum atomic E-state index is 13.3. The molecule has 1 N–H and O–H groups in total. The van der Waals surface area contributed by atoms with Crippen LogP contribution < -0.4 is 4.74 Å². The number of aliphatic carboxylic acids is 1. The van der Waals surface area contributed by atoms with E-state index in [0.29, 0.717) is 6.92 Å². The van der Waals surface area contributed by atoms with Crippen molar-refractivity contribution in [1.82, 2.24) is 0 Å². The van der Waals surface area contributed by atoms with Gasteiger partial charge in [-0.1, -0.05) is 18.2 Å². The molecule has 106 valence electrons. The summed E-state index contributed by atoms with van der Waals surface area (Å²) in [5.74, 6) is -3.48. The zero-order chi connectivity index (χ0) is 15.1. The fraction of sp³-hybridized carbons (Fsp3) is 0.231. The standard InChI is InChI=1S/C13H9F3O4/c1-7(17)12(13(14,15)16)9(11(18)19)6-8-4-2-3-5-10(8)20-12/h2-6H,1H3,(H,18,19)/t12-/m1/s1. The molecule has 1 aromatic rings. The first-order chi connectivity index (χ1) is 9.20. The Balaban J connectivity index is 2.77. The summed E-state index contributed by atoms with van der Waals surface area (Å²) in [5, 5.41) is 9.01. The van der Waals surface area contributed by atoms with E-state index in [4.69, 9.17) is 9.84 Å². The molecule has 0 saturated heterocycles. The number of ketones is 1. The van der Waals surface area contributed by atoms with Gasteiger partial charge in [0, 0.05) is 5.56 Å². The number of alkyl halides is 3. The first-order valence-electron chi connectivity index (χ1n) is 5.51. The molecule has 4 nitrogen and oxygen atoms in total. The van der Waals surface area contributed by atoms with Crippen molar-refractivity contribution < 1.29 is 32.6 Å². The number of Topliss-reactive ketones (excluding diaryl/α,β-unsaturated/α-hetero) is 1. The van der Waals surface area contributed by atoms with Crippen LogP contribution in [-0.4, -0.2) is 28.6 Å². The van der Waals surface area contributed by atoms with E-state index in [9.17, 15) is 22.8 Å². The van der Waals surface area contributed by atoms with Gasteiger partial charge in [0.1, 0.15) is 5.75 Å². The SMILES string of the molecule is CC(=O)[C@@]1(C(F)(F)F)Oc2ccccc2C=C1C(=O)O. The van der Waals surface area contributed by atoms with Gasteiger partial charge in [-0.25, -0.2) is 4.79 Å². The van der Waals surface area contributed by atoms with Crippen molar-refractivity contribution in [2.75, 3.05) is 0 Å². The van der Waals surface area contributed by atoms with Crippen LogP contribution in [-0.2, 0) is 9.59 Å². The van der Waals surface area contributed by atoms with E-state index < -0.39 is 29.1 Å². The van der Waals surface area contributed by atoms with E-state index in [-0.39, 0.29) is 11.3 Å². The number of ether oxygens (including phenoxy) is 1. The number of hydrogen-bond donors (Lipinski definition) is 1. The van der Waals surface area contributed by atoms with Gasteiger partial charge in [0.2, 0.25) is 0 Å². The highest BCUT2D eigenvalue weighted by atomic mass is 19.4. The Morgan fingerprint density at radius 1 is 1.25 bits per heavy atom. The fourth-order valence-corrected chi connectivity index (χ4v) is 2.05. The Kier molecular flexibility index (Phi) is 3.08. The van der Waals surface area contributed by atoms with Crippen molar-refractivity contribution >= 4 is 17.8 Å². The molecule has 0 radical (unpaired) electrons. The van der Waals surface area contributed by atoms with Gasteiger partial charge in [0.25, 0.3) is 5.60 Å². The fourth-order valence-electron chi connectivity index (χ4n) is 2.05. The van der Waals surface area contributed by atoms with E-state index in [1.54, 1.807) is 0 Å². The number of para-hydroxylation sites is 1. The quantitative estimate of drug-likeness (QED) is 0.907. The molecule has 1 aliphatic heterocycles. The number of carboxylic acid groups (broad SMARTS) is 1. The molecule has 0 bridgehead atoms. The van der Waals surface area contributed by atoms with Gasteiger partial charge in [-0.2, -0.15) is 13.2 Å². The minimum Gasteiger partial charge on any atom is -0.478 e. The molecule has 0 unspecified atom stereocenters. The van der Waals surface area contributed by atoms with Crippen molar-refractivity contribution in [3.8, 4) is 5.75 Å². The summed E-state index contributed by atoms with van der Waals surface area (Å²) >= 11 is 0. The lowest BCUT2D eigenvalue weighted by molar-refractivity contribution is -0.229. The van der Waals surface area contributed by atoms with E-state index in [1.165, 1.54) is 24.3 Å². The van der Waals surface area contributed by atoms with Crippen molar-refractivity contribution in [3.05, 3.63) is 35.4 Å². The van der Waals surface area contributed by atoms with Gasteiger partial charge in [0.15, 0.2) is 5.78 Å². The highest BCUT2D eigenvalue weighted by Gasteiger charge is 2.66. The highest BCUT2D eigenvalue weighted by Crippen LogP contribution is 2.45. The average Bonchev–Trinajstić information content (AvgIpc) is 2.35. The predicted octanol–water partition coefficient (Wildman–Crippen LogP) is 2.44. The average molecular weight is 286 g/mol. The van der Waals surface area contributed by atoms with Gasteiger partial charge >= 0.3 is 12.1 Å². The normalized spacial score (nSPS) is 21.5. The maximum Gasteiger partial charge on any atom is 0.440 e. The number of benzene rings is 1. The van der Waals surface area contributed by atoms with E-state index in [0.717, 1.165) is 6.08 Å². The Morgan fingerprint density at radius 2 is 1.85 bits per heavy atom. The van der Waals surface area contributed by atoms with Crippen LogP contribution in [0, 0.1) is 0 Å². The van der Waals surface area contributed by atoms with Gasteiger partial charge in [-0.05, 0) is 19.1 Å². The molecule has 0 aromatic heterocycles. The second kappa shape index (κ2) is 4.36. The minimum absolute atomic E-state index is 0.172. The molecule has 0 aliphatic carbocycles. The molecular formula is C13H9F3O4. The monoisotopic (exact) mass is 286 g/mol. The third kappa shape index (κ3) is 1.86. The lowest BCUT2D eigenvalue weighted by Gasteiger charge is -2.37. The molecule has 1 heterocycles. The molecule has 2 rings (SSSR count). The Morgan fingerprint density at radius 3 is 2.35 bits per heavy atom. The summed E-state index contributed by atoms with van der Waals surface area (Å²) in [4.78, 5) is 22.7. The van der Waals surface area contributed by atoms with Crippen LogP contribution in [0.25, 0.3) is 6.08 Å². The maximum absolute atomic E-state index is 13.3. The van der Waals surface area contributed by atoms with Crippen LogP contribution in [0.2, 0.25) is 0 Å². The van der Waals surface area contributed by atoms with Crippen molar-refractivity contribution in [1.29, 1.82) is 0 Å². The van der Waals surface area contributed by atoms with Gasteiger partial charge in [-0.3, -0.25) is 4.79 Å². The van der Waals surface area contributed by atoms with Crippen molar-refractivity contribution in [2.24, 2.45) is 0 Å². The molecule has 20 heavy (non-hydrogen) atoms. The van der Waals surface area contributed by atoms with Gasteiger partial charge < -0.3 is 9.84 Å². The number of hydrogen-bond acceptors (Lipinski definition) is 3. The Labute approximate surface area is 111 Å². The molecule has 1 atom stereocenters. The number of rotatable bonds is 2. The first-order valence-corrected chi connectivity index (χ1v) is 5.51. The summed E-state index contributed by atoms with van der Waals surface area (Å²) in [7, 11) is 0. The van der Waals surface area contributed by atoms with E-state index in [2.05, 4.69) is 0 Å². The Hall–Kier alpha value is -2.31. The smallest absolute Gasteiger partial charge is 0.440 e. The third-order valence-electron chi connectivity index (χ3n) is 2.99.